The van der Waals surface area contributed by atoms with Gasteiger partial charge in [-0.05, 0) is 35.4 Å². The average molecular weight is 348 g/mol. The van der Waals surface area contributed by atoms with E-state index in [1.807, 2.05) is 24.3 Å². The van der Waals surface area contributed by atoms with Gasteiger partial charge in [-0.3, -0.25) is 0 Å². The Morgan fingerprint density at radius 2 is 1.74 bits per heavy atom. The molecule has 0 unspecified atom stereocenters. The van der Waals surface area contributed by atoms with Crippen LogP contribution in [0.4, 0.5) is 8.78 Å². The molecule has 0 aliphatic carbocycles. The molecule has 0 amide bonds. The molecule has 0 aromatic heterocycles. The molecule has 0 saturated heterocycles. The van der Waals surface area contributed by atoms with Crippen molar-refractivity contribution in [2.45, 2.75) is 12.5 Å². The van der Waals surface area contributed by atoms with Crippen LogP contribution in [0, 0.1) is 11.6 Å². The summed E-state index contributed by atoms with van der Waals surface area (Å²) in [7, 11) is 0. The van der Waals surface area contributed by atoms with Crippen LogP contribution in [0.25, 0.3) is 0 Å². The molecule has 2 rings (SSSR count). The minimum atomic E-state index is -0.745. The van der Waals surface area contributed by atoms with Crippen LogP contribution in [0.15, 0.2) is 40.9 Å². The maximum absolute atomic E-state index is 13.6. The van der Waals surface area contributed by atoms with Crippen molar-refractivity contribution in [1.29, 1.82) is 0 Å². The largest absolute Gasteiger partial charge is 0.483 e. The van der Waals surface area contributed by atoms with Gasteiger partial charge >= 0.3 is 0 Å². The van der Waals surface area contributed by atoms with Crippen molar-refractivity contribution in [2.75, 3.05) is 0 Å². The van der Waals surface area contributed by atoms with E-state index in [1.54, 1.807) is 0 Å². The van der Waals surface area contributed by atoms with Crippen LogP contribution in [-0.4, -0.2) is 0 Å². The lowest BCUT2D eigenvalue weighted by Crippen LogP contribution is -2.01. The number of rotatable bonds is 4. The van der Waals surface area contributed by atoms with Crippen LogP contribution in [0.2, 0.25) is 0 Å². The van der Waals surface area contributed by atoms with Gasteiger partial charge in [0.15, 0.2) is 17.4 Å². The SMILES string of the molecule is Fc1cc(CCl)cc(F)c1OCc1cccc(Br)c1. The first-order valence-electron chi connectivity index (χ1n) is 5.51. The Bertz CT molecular complexity index is 566. The highest BCUT2D eigenvalue weighted by Crippen LogP contribution is 2.25. The summed E-state index contributed by atoms with van der Waals surface area (Å²) in [5.41, 5.74) is 1.20. The van der Waals surface area contributed by atoms with E-state index in [0.717, 1.165) is 10.0 Å². The molecular formula is C14H10BrClF2O. The van der Waals surface area contributed by atoms with E-state index in [9.17, 15) is 8.78 Å². The van der Waals surface area contributed by atoms with E-state index in [2.05, 4.69) is 15.9 Å². The predicted molar refractivity (Wildman–Crippen MR) is 74.4 cm³/mol. The van der Waals surface area contributed by atoms with Crippen LogP contribution >= 0.6 is 27.5 Å². The van der Waals surface area contributed by atoms with E-state index in [4.69, 9.17) is 16.3 Å². The molecule has 100 valence electrons. The lowest BCUT2D eigenvalue weighted by atomic mass is 10.2. The van der Waals surface area contributed by atoms with Crippen molar-refractivity contribution in [1.82, 2.24) is 0 Å². The Kier molecular flexibility index (Phi) is 4.77. The molecule has 0 radical (unpaired) electrons. The molecule has 0 bridgehead atoms. The molecule has 0 aliphatic rings. The van der Waals surface area contributed by atoms with Gasteiger partial charge in [0.25, 0.3) is 0 Å². The summed E-state index contributed by atoms with van der Waals surface area (Å²) in [6.07, 6.45) is 0. The molecule has 0 atom stereocenters. The maximum atomic E-state index is 13.6. The fraction of sp³-hybridized carbons (Fsp3) is 0.143. The minimum absolute atomic E-state index is 0.0553. The van der Waals surface area contributed by atoms with E-state index >= 15 is 0 Å². The fourth-order valence-corrected chi connectivity index (χ4v) is 2.21. The third-order valence-corrected chi connectivity index (χ3v) is 3.29. The molecule has 0 N–H and O–H groups in total. The Balaban J connectivity index is 2.16. The van der Waals surface area contributed by atoms with Gasteiger partial charge < -0.3 is 4.74 Å². The van der Waals surface area contributed by atoms with Crippen LogP contribution in [0.5, 0.6) is 5.75 Å². The van der Waals surface area contributed by atoms with E-state index < -0.39 is 11.6 Å². The summed E-state index contributed by atoms with van der Waals surface area (Å²) in [6.45, 7) is 0.0908. The first-order chi connectivity index (χ1) is 9.10. The third kappa shape index (κ3) is 3.67. The Morgan fingerprint density at radius 1 is 1.05 bits per heavy atom. The number of hydrogen-bond donors (Lipinski definition) is 0. The van der Waals surface area contributed by atoms with Crippen LogP contribution < -0.4 is 4.74 Å². The second-order valence-electron chi connectivity index (χ2n) is 3.94. The molecule has 0 saturated carbocycles. The summed E-state index contributed by atoms with van der Waals surface area (Å²) in [6, 6.07) is 9.67. The maximum Gasteiger partial charge on any atom is 0.191 e. The van der Waals surface area contributed by atoms with Crippen molar-refractivity contribution in [2.24, 2.45) is 0 Å². The fourth-order valence-electron chi connectivity index (χ4n) is 1.61. The van der Waals surface area contributed by atoms with E-state index in [-0.39, 0.29) is 18.2 Å². The second-order valence-corrected chi connectivity index (χ2v) is 5.12. The summed E-state index contributed by atoms with van der Waals surface area (Å²) in [5, 5.41) is 0. The normalized spacial score (nSPS) is 10.5. The number of alkyl halides is 1. The Hall–Kier alpha value is -1.13. The van der Waals surface area contributed by atoms with Gasteiger partial charge in [0.1, 0.15) is 6.61 Å². The smallest absolute Gasteiger partial charge is 0.191 e. The van der Waals surface area contributed by atoms with Gasteiger partial charge in [-0.25, -0.2) is 8.78 Å². The molecule has 0 heterocycles. The standard InChI is InChI=1S/C14H10BrClF2O/c15-11-3-1-2-9(4-11)8-19-14-12(17)5-10(7-16)6-13(14)18/h1-6H,7-8H2. The van der Waals surface area contributed by atoms with Gasteiger partial charge in [-0.1, -0.05) is 28.1 Å². The number of halogens is 4. The van der Waals surface area contributed by atoms with Gasteiger partial charge in [0, 0.05) is 10.4 Å². The first kappa shape index (κ1) is 14.3. The highest BCUT2D eigenvalue weighted by atomic mass is 79.9. The molecule has 2 aromatic rings. The quantitative estimate of drug-likeness (QED) is 0.704. The molecule has 2 aromatic carbocycles. The van der Waals surface area contributed by atoms with Crippen molar-refractivity contribution in [3.05, 3.63) is 63.6 Å². The van der Waals surface area contributed by atoms with E-state index in [0.29, 0.717) is 5.56 Å². The second kappa shape index (κ2) is 6.35. The molecule has 0 aliphatic heterocycles. The number of benzene rings is 2. The summed E-state index contributed by atoms with van der Waals surface area (Å²) >= 11 is 8.85. The monoisotopic (exact) mass is 346 g/mol. The van der Waals surface area contributed by atoms with Crippen LogP contribution in [0.3, 0.4) is 0 Å². The summed E-state index contributed by atoms with van der Waals surface area (Å²) in [4.78, 5) is 0. The zero-order chi connectivity index (χ0) is 13.8. The molecule has 19 heavy (non-hydrogen) atoms. The van der Waals surface area contributed by atoms with Gasteiger partial charge in [0.2, 0.25) is 0 Å². The van der Waals surface area contributed by atoms with Crippen molar-refractivity contribution < 1.29 is 13.5 Å². The highest BCUT2D eigenvalue weighted by Gasteiger charge is 2.12. The summed E-state index contributed by atoms with van der Waals surface area (Å²) in [5.74, 6) is -1.81. The molecular weight excluding hydrogens is 338 g/mol. The zero-order valence-electron chi connectivity index (χ0n) is 9.80. The summed E-state index contributed by atoms with van der Waals surface area (Å²) < 4.78 is 33.4. The van der Waals surface area contributed by atoms with Gasteiger partial charge in [-0.2, -0.15) is 0 Å². The number of hydrogen-bond acceptors (Lipinski definition) is 1. The topological polar surface area (TPSA) is 9.23 Å². The molecule has 1 nitrogen and oxygen atoms in total. The lowest BCUT2D eigenvalue weighted by Gasteiger charge is -2.09. The Morgan fingerprint density at radius 3 is 2.32 bits per heavy atom. The number of ether oxygens (including phenoxy) is 1. The molecule has 0 spiro atoms. The Labute approximate surface area is 123 Å². The van der Waals surface area contributed by atoms with Crippen LogP contribution in [0.1, 0.15) is 11.1 Å². The molecule has 0 fully saturated rings. The van der Waals surface area contributed by atoms with Gasteiger partial charge in [-0.15, -0.1) is 11.6 Å². The van der Waals surface area contributed by atoms with Crippen LogP contribution in [-0.2, 0) is 12.5 Å². The zero-order valence-corrected chi connectivity index (χ0v) is 12.1. The average Bonchev–Trinajstić information content (AvgIpc) is 2.37. The molecule has 5 heteroatoms. The van der Waals surface area contributed by atoms with Crippen molar-refractivity contribution in [3.8, 4) is 5.75 Å². The van der Waals surface area contributed by atoms with E-state index in [1.165, 1.54) is 12.1 Å². The minimum Gasteiger partial charge on any atom is -0.483 e. The van der Waals surface area contributed by atoms with Crippen molar-refractivity contribution in [3.63, 3.8) is 0 Å². The van der Waals surface area contributed by atoms with Crippen molar-refractivity contribution >= 4 is 27.5 Å². The highest BCUT2D eigenvalue weighted by molar-refractivity contribution is 9.10. The third-order valence-electron chi connectivity index (χ3n) is 2.48. The predicted octanol–water partition coefficient (Wildman–Crippen LogP) is 5.05. The van der Waals surface area contributed by atoms with Gasteiger partial charge in [0.05, 0.1) is 0 Å². The first-order valence-corrected chi connectivity index (χ1v) is 6.84. The lowest BCUT2D eigenvalue weighted by molar-refractivity contribution is 0.274.